The number of nitrogens with zero attached hydrogens (tertiary/aromatic N) is 1. The van der Waals surface area contributed by atoms with Crippen molar-refractivity contribution in [2.24, 2.45) is 0 Å². The minimum Gasteiger partial charge on any atom is -0.497 e. The van der Waals surface area contributed by atoms with Crippen LogP contribution >= 0.6 is 22.7 Å². The maximum Gasteiger partial charge on any atom is 0.348 e. The molecule has 0 spiro atoms. The maximum absolute atomic E-state index is 12.2. The van der Waals surface area contributed by atoms with Gasteiger partial charge < -0.3 is 9.47 Å². The molecule has 0 radical (unpaired) electrons. The van der Waals surface area contributed by atoms with E-state index in [1.54, 1.807) is 29.8 Å². The zero-order valence-corrected chi connectivity index (χ0v) is 15.4. The SMILES string of the molecule is COc1ccc(-c2nc(COC(=O)c3cc4c(s3)CCC4)cs2)cc1. The smallest absolute Gasteiger partial charge is 0.348 e. The number of carbonyl (C=O) groups is 1. The van der Waals surface area contributed by atoms with E-state index in [1.165, 1.54) is 16.9 Å². The Morgan fingerprint density at radius 2 is 2.08 bits per heavy atom. The highest BCUT2D eigenvalue weighted by Crippen LogP contribution is 2.31. The van der Waals surface area contributed by atoms with Crippen molar-refractivity contribution in [2.45, 2.75) is 25.9 Å². The Bertz CT molecular complexity index is 874. The fourth-order valence-corrected chi connectivity index (χ4v) is 4.84. The van der Waals surface area contributed by atoms with Crippen molar-refractivity contribution in [3.8, 4) is 16.3 Å². The second-order valence-corrected chi connectivity index (χ2v) is 7.86. The molecule has 0 bridgehead atoms. The van der Waals surface area contributed by atoms with Gasteiger partial charge in [-0.05, 0) is 55.2 Å². The van der Waals surface area contributed by atoms with Crippen LogP contribution in [0.25, 0.3) is 10.6 Å². The molecule has 2 aromatic heterocycles. The number of rotatable bonds is 5. The number of carbonyl (C=O) groups excluding carboxylic acids is 1. The molecule has 6 heteroatoms. The number of esters is 1. The Kier molecular flexibility index (Phi) is 4.55. The molecular weight excluding hydrogens is 354 g/mol. The normalized spacial score (nSPS) is 12.8. The van der Waals surface area contributed by atoms with E-state index in [1.807, 2.05) is 35.7 Å². The Morgan fingerprint density at radius 1 is 1.24 bits per heavy atom. The van der Waals surface area contributed by atoms with E-state index in [-0.39, 0.29) is 12.6 Å². The van der Waals surface area contributed by atoms with Gasteiger partial charge in [0.2, 0.25) is 0 Å². The van der Waals surface area contributed by atoms with Crippen LogP contribution in [-0.2, 0) is 24.2 Å². The van der Waals surface area contributed by atoms with Gasteiger partial charge in [-0.2, -0.15) is 0 Å². The minimum atomic E-state index is -0.251. The van der Waals surface area contributed by atoms with E-state index in [0.717, 1.165) is 34.9 Å². The molecule has 0 atom stereocenters. The lowest BCUT2D eigenvalue weighted by Crippen LogP contribution is -2.03. The maximum atomic E-state index is 12.2. The fraction of sp³-hybridized carbons (Fsp3) is 0.263. The number of methoxy groups -OCH3 is 1. The first-order valence-electron chi connectivity index (χ1n) is 8.10. The molecule has 0 fully saturated rings. The molecule has 1 aliphatic carbocycles. The predicted octanol–water partition coefficient (Wildman–Crippen LogP) is 4.73. The first kappa shape index (κ1) is 16.3. The number of ether oxygens (including phenoxy) is 2. The summed E-state index contributed by atoms with van der Waals surface area (Å²) in [6.07, 6.45) is 3.37. The summed E-state index contributed by atoms with van der Waals surface area (Å²) in [7, 11) is 1.65. The van der Waals surface area contributed by atoms with Gasteiger partial charge in [0.1, 0.15) is 22.2 Å². The molecule has 4 nitrogen and oxygen atoms in total. The van der Waals surface area contributed by atoms with E-state index in [4.69, 9.17) is 9.47 Å². The second kappa shape index (κ2) is 6.98. The summed E-state index contributed by atoms with van der Waals surface area (Å²) in [6, 6.07) is 9.75. The fourth-order valence-electron chi connectivity index (χ4n) is 2.88. The Morgan fingerprint density at radius 3 is 2.84 bits per heavy atom. The van der Waals surface area contributed by atoms with Crippen LogP contribution in [0, 0.1) is 0 Å². The highest BCUT2D eigenvalue weighted by atomic mass is 32.1. The number of benzene rings is 1. The molecule has 1 aliphatic rings. The van der Waals surface area contributed by atoms with E-state index in [9.17, 15) is 4.79 Å². The van der Waals surface area contributed by atoms with Gasteiger partial charge in [0.15, 0.2) is 0 Å². The third kappa shape index (κ3) is 3.45. The number of hydrogen-bond acceptors (Lipinski definition) is 6. The van der Waals surface area contributed by atoms with Gasteiger partial charge in [-0.15, -0.1) is 22.7 Å². The molecule has 2 heterocycles. The zero-order chi connectivity index (χ0) is 17.2. The molecular formula is C19H17NO3S2. The van der Waals surface area contributed by atoms with E-state index >= 15 is 0 Å². The average Bonchev–Trinajstić information content (AvgIpc) is 3.35. The van der Waals surface area contributed by atoms with Crippen LogP contribution in [0.15, 0.2) is 35.7 Å². The lowest BCUT2D eigenvalue weighted by Gasteiger charge is -2.01. The van der Waals surface area contributed by atoms with Crippen molar-refractivity contribution in [3.63, 3.8) is 0 Å². The highest BCUT2D eigenvalue weighted by Gasteiger charge is 2.19. The zero-order valence-electron chi connectivity index (χ0n) is 13.8. The van der Waals surface area contributed by atoms with Gasteiger partial charge in [-0.3, -0.25) is 0 Å². The van der Waals surface area contributed by atoms with Crippen LogP contribution in [0.1, 0.15) is 32.2 Å². The molecule has 0 saturated carbocycles. The van der Waals surface area contributed by atoms with E-state index in [0.29, 0.717) is 4.88 Å². The second-order valence-electron chi connectivity index (χ2n) is 5.86. The summed E-state index contributed by atoms with van der Waals surface area (Å²) >= 11 is 3.11. The summed E-state index contributed by atoms with van der Waals surface area (Å²) in [6.45, 7) is 0.202. The highest BCUT2D eigenvalue weighted by molar-refractivity contribution is 7.14. The van der Waals surface area contributed by atoms with Gasteiger partial charge in [0, 0.05) is 15.8 Å². The Balaban J connectivity index is 1.39. The first-order chi connectivity index (χ1) is 12.2. The van der Waals surface area contributed by atoms with Crippen LogP contribution in [0.2, 0.25) is 0 Å². The van der Waals surface area contributed by atoms with Gasteiger partial charge in [0.25, 0.3) is 0 Å². The van der Waals surface area contributed by atoms with Gasteiger partial charge in [-0.25, -0.2) is 9.78 Å². The molecule has 25 heavy (non-hydrogen) atoms. The van der Waals surface area contributed by atoms with Crippen molar-refractivity contribution in [2.75, 3.05) is 7.11 Å². The molecule has 0 unspecified atom stereocenters. The van der Waals surface area contributed by atoms with Crippen molar-refractivity contribution in [3.05, 3.63) is 56.7 Å². The minimum absolute atomic E-state index is 0.202. The van der Waals surface area contributed by atoms with Crippen molar-refractivity contribution < 1.29 is 14.3 Å². The molecule has 128 valence electrons. The van der Waals surface area contributed by atoms with Crippen molar-refractivity contribution >= 4 is 28.6 Å². The average molecular weight is 371 g/mol. The molecule has 0 saturated heterocycles. The molecule has 0 aliphatic heterocycles. The van der Waals surface area contributed by atoms with Crippen LogP contribution < -0.4 is 4.74 Å². The third-order valence-electron chi connectivity index (χ3n) is 4.19. The van der Waals surface area contributed by atoms with Crippen LogP contribution in [-0.4, -0.2) is 18.1 Å². The molecule has 0 N–H and O–H groups in total. The topological polar surface area (TPSA) is 48.4 Å². The number of aromatic nitrogens is 1. The predicted molar refractivity (Wildman–Crippen MR) is 99.6 cm³/mol. The number of fused-ring (bicyclic) bond motifs is 1. The number of thiazole rings is 1. The summed E-state index contributed by atoms with van der Waals surface area (Å²) < 4.78 is 10.6. The Labute approximate surface area is 154 Å². The first-order valence-corrected chi connectivity index (χ1v) is 9.80. The van der Waals surface area contributed by atoms with Crippen molar-refractivity contribution in [1.29, 1.82) is 0 Å². The quantitative estimate of drug-likeness (QED) is 0.609. The van der Waals surface area contributed by atoms with Crippen molar-refractivity contribution in [1.82, 2.24) is 4.98 Å². The summed E-state index contributed by atoms with van der Waals surface area (Å²) in [5.74, 6) is 0.565. The number of hydrogen-bond donors (Lipinski definition) is 0. The van der Waals surface area contributed by atoms with Gasteiger partial charge in [-0.1, -0.05) is 0 Å². The van der Waals surface area contributed by atoms with Gasteiger partial charge in [0.05, 0.1) is 12.8 Å². The lowest BCUT2D eigenvalue weighted by atomic mass is 10.2. The van der Waals surface area contributed by atoms with Crippen LogP contribution in [0.4, 0.5) is 0 Å². The summed E-state index contributed by atoms with van der Waals surface area (Å²) in [5.41, 5.74) is 3.11. The summed E-state index contributed by atoms with van der Waals surface area (Å²) in [4.78, 5) is 18.8. The van der Waals surface area contributed by atoms with Crippen LogP contribution in [0.5, 0.6) is 5.75 Å². The molecule has 3 aromatic rings. The number of thiophene rings is 1. The Hall–Kier alpha value is -2.18. The van der Waals surface area contributed by atoms with E-state index in [2.05, 4.69) is 4.98 Å². The third-order valence-corrected chi connectivity index (χ3v) is 6.34. The van der Waals surface area contributed by atoms with E-state index < -0.39 is 0 Å². The van der Waals surface area contributed by atoms with Gasteiger partial charge >= 0.3 is 5.97 Å². The molecule has 1 aromatic carbocycles. The summed E-state index contributed by atoms with van der Waals surface area (Å²) in [5, 5.41) is 2.84. The lowest BCUT2D eigenvalue weighted by molar-refractivity contribution is 0.0474. The monoisotopic (exact) mass is 371 g/mol. The molecule has 0 amide bonds. The molecule has 4 rings (SSSR count). The largest absolute Gasteiger partial charge is 0.497 e. The van der Waals surface area contributed by atoms with Crippen LogP contribution in [0.3, 0.4) is 0 Å². The number of aryl methyl sites for hydroxylation is 2. The standard InChI is InChI=1S/C19H17NO3S2/c1-22-15-7-5-12(6-8-15)18-20-14(11-24-18)10-23-19(21)17-9-13-3-2-4-16(13)25-17/h5-9,11H,2-4,10H2,1H3.